The highest BCUT2D eigenvalue weighted by Crippen LogP contribution is 2.25. The van der Waals surface area contributed by atoms with Crippen LogP contribution >= 0.6 is 23.2 Å². The van der Waals surface area contributed by atoms with Gasteiger partial charge >= 0.3 is 0 Å². The van der Waals surface area contributed by atoms with E-state index in [4.69, 9.17) is 23.2 Å². The quantitative estimate of drug-likeness (QED) is 0.213. The minimum absolute atomic E-state index is 0.0266. The highest BCUT2D eigenvalue weighted by atomic mass is 35.5. The average molecular weight is 572 g/mol. The first-order chi connectivity index (χ1) is 18.2. The molecule has 0 fully saturated rings. The average Bonchev–Trinajstić information content (AvgIpc) is 3.28. The van der Waals surface area contributed by atoms with E-state index in [0.717, 1.165) is 5.56 Å². The van der Waals surface area contributed by atoms with E-state index in [1.54, 1.807) is 22.8 Å². The number of rotatable bonds is 10. The molecule has 0 radical (unpaired) electrons. The van der Waals surface area contributed by atoms with E-state index in [1.165, 1.54) is 41.4 Å². The summed E-state index contributed by atoms with van der Waals surface area (Å²) in [6.07, 6.45) is 2.99. The Labute approximate surface area is 230 Å². The van der Waals surface area contributed by atoms with Gasteiger partial charge in [-0.15, -0.1) is 6.58 Å². The molecule has 0 N–H and O–H groups in total. The molecule has 0 atom stereocenters. The maximum Gasteiger partial charge on any atom is 0.256 e. The molecule has 38 heavy (non-hydrogen) atoms. The van der Waals surface area contributed by atoms with Crippen molar-refractivity contribution in [3.05, 3.63) is 130 Å². The number of imidazole rings is 1. The standard InChI is InChI=1S/C28H24Cl2FN3O3S/c1-2-14-33(27(35)24-13-12-22(29)15-25(24)30)18-23-16-32-28(34(23)17-20-8-4-3-5-9-20)38(36,37)19-21-10-6-7-11-26(21)31/h2-13,15-16H,1,14,17-19H2. The predicted octanol–water partition coefficient (Wildman–Crippen LogP) is 6.18. The Kier molecular flexibility index (Phi) is 8.66. The van der Waals surface area contributed by atoms with Crippen molar-refractivity contribution in [3.63, 3.8) is 0 Å². The van der Waals surface area contributed by atoms with Crippen LogP contribution in [0.4, 0.5) is 4.39 Å². The minimum Gasteiger partial charge on any atom is -0.329 e. The Morgan fingerprint density at radius 3 is 2.45 bits per heavy atom. The van der Waals surface area contributed by atoms with E-state index < -0.39 is 21.4 Å². The fourth-order valence-electron chi connectivity index (χ4n) is 3.99. The summed E-state index contributed by atoms with van der Waals surface area (Å²) in [7, 11) is -4.05. The number of hydrogen-bond acceptors (Lipinski definition) is 4. The van der Waals surface area contributed by atoms with Gasteiger partial charge in [-0.1, -0.05) is 77.8 Å². The van der Waals surface area contributed by atoms with Crippen molar-refractivity contribution in [3.8, 4) is 0 Å². The number of benzene rings is 3. The molecular weight excluding hydrogens is 548 g/mol. The first-order valence-corrected chi connectivity index (χ1v) is 14.0. The number of nitrogens with zero attached hydrogens (tertiary/aromatic N) is 3. The molecule has 0 aliphatic carbocycles. The summed E-state index contributed by atoms with van der Waals surface area (Å²) in [5, 5.41) is 0.380. The van der Waals surface area contributed by atoms with Crippen LogP contribution in [-0.2, 0) is 28.7 Å². The molecule has 1 aromatic heterocycles. The minimum atomic E-state index is -4.05. The van der Waals surface area contributed by atoms with Crippen LogP contribution in [-0.4, -0.2) is 35.3 Å². The zero-order valence-corrected chi connectivity index (χ0v) is 22.6. The van der Waals surface area contributed by atoms with Crippen molar-refractivity contribution in [2.45, 2.75) is 24.0 Å². The van der Waals surface area contributed by atoms with Crippen molar-refractivity contribution in [1.82, 2.24) is 14.5 Å². The Morgan fingerprint density at radius 2 is 1.76 bits per heavy atom. The molecule has 0 saturated heterocycles. The summed E-state index contributed by atoms with van der Waals surface area (Å²) < 4.78 is 42.7. The summed E-state index contributed by atoms with van der Waals surface area (Å²) in [6, 6.07) is 19.6. The third kappa shape index (κ3) is 6.32. The van der Waals surface area contributed by atoms with Crippen molar-refractivity contribution in [1.29, 1.82) is 0 Å². The molecule has 196 valence electrons. The SMILES string of the molecule is C=CCN(Cc1cnc(S(=O)(=O)Cc2ccccc2F)n1Cc1ccccc1)C(=O)c1ccc(Cl)cc1Cl. The van der Waals surface area contributed by atoms with Crippen molar-refractivity contribution < 1.29 is 17.6 Å². The van der Waals surface area contributed by atoms with Gasteiger partial charge in [0.25, 0.3) is 5.91 Å². The van der Waals surface area contributed by atoms with Gasteiger partial charge in [0.15, 0.2) is 0 Å². The number of sulfone groups is 1. The molecule has 0 saturated carbocycles. The van der Waals surface area contributed by atoms with Crippen LogP contribution in [0.25, 0.3) is 0 Å². The van der Waals surface area contributed by atoms with E-state index in [2.05, 4.69) is 11.6 Å². The van der Waals surface area contributed by atoms with Crippen molar-refractivity contribution >= 4 is 38.9 Å². The van der Waals surface area contributed by atoms with Crippen LogP contribution in [0.15, 0.2) is 96.8 Å². The summed E-state index contributed by atoms with van der Waals surface area (Å²) in [5.74, 6) is -1.55. The zero-order chi connectivity index (χ0) is 27.3. The highest BCUT2D eigenvalue weighted by molar-refractivity contribution is 7.90. The Morgan fingerprint density at radius 1 is 1.05 bits per heavy atom. The van der Waals surface area contributed by atoms with Gasteiger partial charge in [0.2, 0.25) is 15.0 Å². The Bertz CT molecular complexity index is 1570. The molecule has 6 nitrogen and oxygen atoms in total. The predicted molar refractivity (Wildman–Crippen MR) is 146 cm³/mol. The number of amides is 1. The van der Waals surface area contributed by atoms with Gasteiger partial charge in [-0.2, -0.15) is 0 Å². The maximum absolute atomic E-state index is 14.3. The highest BCUT2D eigenvalue weighted by Gasteiger charge is 2.27. The van der Waals surface area contributed by atoms with Crippen LogP contribution < -0.4 is 0 Å². The topological polar surface area (TPSA) is 72.3 Å². The lowest BCUT2D eigenvalue weighted by Crippen LogP contribution is -2.32. The zero-order valence-electron chi connectivity index (χ0n) is 20.2. The van der Waals surface area contributed by atoms with Gasteiger partial charge in [-0.25, -0.2) is 17.8 Å². The number of carbonyl (C=O) groups excluding carboxylic acids is 1. The van der Waals surface area contributed by atoms with Crippen LogP contribution in [0, 0.1) is 5.82 Å². The van der Waals surface area contributed by atoms with Crippen molar-refractivity contribution in [2.24, 2.45) is 0 Å². The normalized spacial score (nSPS) is 11.3. The molecular formula is C28H24Cl2FN3O3S. The molecule has 4 aromatic rings. The summed E-state index contributed by atoms with van der Waals surface area (Å²) >= 11 is 12.3. The summed E-state index contributed by atoms with van der Waals surface area (Å²) in [4.78, 5) is 19.1. The van der Waals surface area contributed by atoms with E-state index in [-0.39, 0.29) is 46.8 Å². The van der Waals surface area contributed by atoms with Crippen LogP contribution in [0.5, 0.6) is 0 Å². The number of halogens is 3. The second kappa shape index (κ2) is 11.9. The number of aromatic nitrogens is 2. The molecule has 0 aliphatic rings. The number of carbonyl (C=O) groups is 1. The van der Waals surface area contributed by atoms with Gasteiger partial charge in [0.05, 0.1) is 41.3 Å². The van der Waals surface area contributed by atoms with Gasteiger partial charge in [0, 0.05) is 17.1 Å². The van der Waals surface area contributed by atoms with E-state index in [0.29, 0.717) is 10.7 Å². The fraction of sp³-hybridized carbons (Fsp3) is 0.143. The molecule has 1 heterocycles. The molecule has 0 aliphatic heterocycles. The largest absolute Gasteiger partial charge is 0.329 e. The van der Waals surface area contributed by atoms with Crippen molar-refractivity contribution in [2.75, 3.05) is 6.54 Å². The van der Waals surface area contributed by atoms with Crippen LogP contribution in [0.1, 0.15) is 27.2 Å². The van der Waals surface area contributed by atoms with Gasteiger partial charge in [0.1, 0.15) is 5.82 Å². The second-order valence-electron chi connectivity index (χ2n) is 8.55. The second-order valence-corrected chi connectivity index (χ2v) is 11.3. The fourth-order valence-corrected chi connectivity index (χ4v) is 5.98. The molecule has 0 unspecified atom stereocenters. The summed E-state index contributed by atoms with van der Waals surface area (Å²) in [6.45, 7) is 4.12. The molecule has 3 aromatic carbocycles. The van der Waals surface area contributed by atoms with Gasteiger partial charge in [-0.3, -0.25) is 4.79 Å². The first-order valence-electron chi connectivity index (χ1n) is 11.6. The third-order valence-corrected chi connectivity index (χ3v) is 7.94. The monoisotopic (exact) mass is 571 g/mol. The number of hydrogen-bond donors (Lipinski definition) is 0. The van der Waals surface area contributed by atoms with E-state index in [1.807, 2.05) is 30.3 Å². The van der Waals surface area contributed by atoms with Crippen LogP contribution in [0.3, 0.4) is 0 Å². The molecule has 0 bridgehead atoms. The lowest BCUT2D eigenvalue weighted by atomic mass is 10.2. The molecule has 10 heteroatoms. The lowest BCUT2D eigenvalue weighted by molar-refractivity contribution is 0.0759. The Balaban J connectivity index is 1.73. The lowest BCUT2D eigenvalue weighted by Gasteiger charge is -2.23. The van der Waals surface area contributed by atoms with E-state index in [9.17, 15) is 17.6 Å². The van der Waals surface area contributed by atoms with E-state index >= 15 is 0 Å². The first kappa shape index (κ1) is 27.6. The van der Waals surface area contributed by atoms with Gasteiger partial charge < -0.3 is 9.47 Å². The molecule has 0 spiro atoms. The molecule has 1 amide bonds. The molecule has 4 rings (SSSR count). The third-order valence-electron chi connectivity index (χ3n) is 5.82. The smallest absolute Gasteiger partial charge is 0.256 e. The summed E-state index contributed by atoms with van der Waals surface area (Å²) in [5.41, 5.74) is 1.60. The maximum atomic E-state index is 14.3. The van der Waals surface area contributed by atoms with Gasteiger partial charge in [-0.05, 0) is 29.8 Å². The van der Waals surface area contributed by atoms with Crippen LogP contribution in [0.2, 0.25) is 10.0 Å². The Hall–Kier alpha value is -3.46.